The molecule has 1 aliphatic rings. The zero-order chi connectivity index (χ0) is 21.5. The van der Waals surface area contributed by atoms with Crippen LogP contribution in [0.4, 0.5) is 10.3 Å². The molecule has 2 atom stereocenters. The first-order chi connectivity index (χ1) is 14.2. The van der Waals surface area contributed by atoms with Crippen LogP contribution in [0.5, 0.6) is 0 Å². The van der Waals surface area contributed by atoms with Crippen molar-refractivity contribution < 1.29 is 22.0 Å². The summed E-state index contributed by atoms with van der Waals surface area (Å²) in [7, 11) is -3.95. The number of ether oxygens (including phenoxy) is 1. The van der Waals surface area contributed by atoms with Crippen molar-refractivity contribution >= 4 is 31.7 Å². The highest BCUT2D eigenvalue weighted by Crippen LogP contribution is 2.36. The van der Waals surface area contributed by atoms with Crippen LogP contribution in [0.3, 0.4) is 0 Å². The number of rotatable bonds is 4. The Labute approximate surface area is 182 Å². The molecule has 1 aliphatic heterocycles. The van der Waals surface area contributed by atoms with Crippen LogP contribution in [0.15, 0.2) is 67.3 Å². The SMILES string of the molecule is CC1CN(c2oc(-c3ccc(F)cc3)nc2S(=O)(=O)c2ccc(Br)cc2)CC(C)O1. The van der Waals surface area contributed by atoms with Crippen LogP contribution in [0, 0.1) is 5.82 Å². The van der Waals surface area contributed by atoms with Gasteiger partial charge in [0.15, 0.2) is 0 Å². The predicted molar refractivity (Wildman–Crippen MR) is 114 cm³/mol. The molecule has 9 heteroatoms. The van der Waals surface area contributed by atoms with Gasteiger partial charge in [-0.3, -0.25) is 0 Å². The van der Waals surface area contributed by atoms with E-state index in [1.165, 1.54) is 36.4 Å². The summed E-state index contributed by atoms with van der Waals surface area (Å²) in [6.07, 6.45) is -0.201. The van der Waals surface area contributed by atoms with Crippen LogP contribution in [-0.2, 0) is 14.6 Å². The molecule has 0 N–H and O–H groups in total. The summed E-state index contributed by atoms with van der Waals surface area (Å²) in [6.45, 7) is 4.77. The standard InChI is InChI=1S/C21H20BrFN2O4S/c1-13-11-25(12-14(2)28-13)21-20(30(26,27)18-9-5-16(22)6-10-18)24-19(29-21)15-3-7-17(23)8-4-15/h3-10,13-14H,11-12H2,1-2H3. The minimum Gasteiger partial charge on any atom is -0.419 e. The number of nitrogens with zero attached hydrogens (tertiary/aromatic N) is 2. The van der Waals surface area contributed by atoms with Crippen LogP contribution in [0.2, 0.25) is 0 Å². The molecule has 0 saturated carbocycles. The summed E-state index contributed by atoms with van der Waals surface area (Å²) < 4.78 is 52.7. The fourth-order valence-corrected chi connectivity index (χ4v) is 5.04. The minimum absolute atomic E-state index is 0.101. The Morgan fingerprint density at radius 3 is 2.23 bits per heavy atom. The minimum atomic E-state index is -3.95. The van der Waals surface area contributed by atoms with Crippen LogP contribution < -0.4 is 4.90 Å². The number of halogens is 2. The number of benzene rings is 2. The summed E-state index contributed by atoms with van der Waals surface area (Å²) in [5, 5.41) is -0.162. The van der Waals surface area contributed by atoms with Crippen molar-refractivity contribution in [3.05, 3.63) is 58.8 Å². The zero-order valence-electron chi connectivity index (χ0n) is 16.4. The van der Waals surface area contributed by atoms with E-state index < -0.39 is 15.7 Å². The molecule has 2 aromatic carbocycles. The fraction of sp³-hybridized carbons (Fsp3) is 0.286. The monoisotopic (exact) mass is 494 g/mol. The molecule has 3 aromatic rings. The molecule has 2 unspecified atom stereocenters. The predicted octanol–water partition coefficient (Wildman–Crippen LogP) is 4.69. The second-order valence-electron chi connectivity index (χ2n) is 7.26. The molecule has 0 amide bonds. The van der Waals surface area contributed by atoms with E-state index in [-0.39, 0.29) is 33.9 Å². The maximum absolute atomic E-state index is 13.4. The Balaban J connectivity index is 1.85. The normalized spacial score (nSPS) is 19.8. The van der Waals surface area contributed by atoms with Crippen LogP contribution in [-0.4, -0.2) is 38.7 Å². The van der Waals surface area contributed by atoms with Crippen molar-refractivity contribution in [2.24, 2.45) is 0 Å². The highest BCUT2D eigenvalue weighted by Gasteiger charge is 2.34. The summed E-state index contributed by atoms with van der Waals surface area (Å²) in [5.74, 6) is -0.115. The second-order valence-corrected chi connectivity index (χ2v) is 10.0. The van der Waals surface area contributed by atoms with E-state index in [4.69, 9.17) is 9.15 Å². The lowest BCUT2D eigenvalue weighted by Crippen LogP contribution is -2.45. The summed E-state index contributed by atoms with van der Waals surface area (Å²) in [5.41, 5.74) is 0.490. The third kappa shape index (κ3) is 4.14. The first-order valence-corrected chi connectivity index (χ1v) is 11.7. The largest absolute Gasteiger partial charge is 0.419 e. The van der Waals surface area contributed by atoms with Gasteiger partial charge in [0, 0.05) is 23.1 Å². The summed E-state index contributed by atoms with van der Waals surface area (Å²) in [6, 6.07) is 11.9. The first kappa shape index (κ1) is 21.0. The molecule has 1 fully saturated rings. The van der Waals surface area contributed by atoms with Gasteiger partial charge in [0.2, 0.25) is 26.6 Å². The molecule has 0 spiro atoms. The number of aromatic nitrogens is 1. The van der Waals surface area contributed by atoms with Crippen molar-refractivity contribution in [1.82, 2.24) is 4.98 Å². The number of oxazole rings is 1. The van der Waals surface area contributed by atoms with Gasteiger partial charge in [0.25, 0.3) is 0 Å². The van der Waals surface area contributed by atoms with Gasteiger partial charge in [-0.25, -0.2) is 12.8 Å². The molecule has 1 aromatic heterocycles. The third-order valence-electron chi connectivity index (χ3n) is 4.76. The van der Waals surface area contributed by atoms with Gasteiger partial charge >= 0.3 is 0 Å². The number of hydrogen-bond donors (Lipinski definition) is 0. The molecular weight excluding hydrogens is 475 g/mol. The number of hydrogen-bond acceptors (Lipinski definition) is 6. The quantitative estimate of drug-likeness (QED) is 0.523. The second kappa shape index (κ2) is 8.13. The average molecular weight is 495 g/mol. The molecule has 158 valence electrons. The molecule has 6 nitrogen and oxygen atoms in total. The smallest absolute Gasteiger partial charge is 0.236 e. The highest BCUT2D eigenvalue weighted by molar-refractivity contribution is 9.10. The van der Waals surface area contributed by atoms with E-state index in [1.54, 1.807) is 12.1 Å². The zero-order valence-corrected chi connectivity index (χ0v) is 18.8. The Bertz CT molecular complexity index is 1140. The highest BCUT2D eigenvalue weighted by atomic mass is 79.9. The van der Waals surface area contributed by atoms with E-state index in [2.05, 4.69) is 20.9 Å². The Hall–Kier alpha value is -2.23. The molecule has 1 saturated heterocycles. The van der Waals surface area contributed by atoms with E-state index >= 15 is 0 Å². The van der Waals surface area contributed by atoms with Gasteiger partial charge in [-0.05, 0) is 62.4 Å². The van der Waals surface area contributed by atoms with Gasteiger partial charge in [-0.2, -0.15) is 4.98 Å². The van der Waals surface area contributed by atoms with Gasteiger partial charge in [-0.15, -0.1) is 0 Å². The Kier molecular flexibility index (Phi) is 5.69. The number of morpholine rings is 1. The van der Waals surface area contributed by atoms with Crippen molar-refractivity contribution in [2.45, 2.75) is 36.0 Å². The van der Waals surface area contributed by atoms with Crippen LogP contribution in [0.1, 0.15) is 13.8 Å². The van der Waals surface area contributed by atoms with E-state index in [1.807, 2.05) is 18.7 Å². The fourth-order valence-electron chi connectivity index (χ4n) is 3.46. The molecular formula is C21H20BrFN2O4S. The van der Waals surface area contributed by atoms with Crippen molar-refractivity contribution in [1.29, 1.82) is 0 Å². The molecule has 0 aliphatic carbocycles. The van der Waals surface area contributed by atoms with Crippen molar-refractivity contribution in [2.75, 3.05) is 18.0 Å². The molecule has 30 heavy (non-hydrogen) atoms. The summed E-state index contributed by atoms with van der Waals surface area (Å²) >= 11 is 3.32. The third-order valence-corrected chi connectivity index (χ3v) is 6.95. The van der Waals surface area contributed by atoms with Gasteiger partial charge in [-0.1, -0.05) is 15.9 Å². The molecule has 0 bridgehead atoms. The Morgan fingerprint density at radius 1 is 1.03 bits per heavy atom. The number of sulfone groups is 1. The maximum Gasteiger partial charge on any atom is 0.236 e. The van der Waals surface area contributed by atoms with Crippen LogP contribution >= 0.6 is 15.9 Å². The van der Waals surface area contributed by atoms with Gasteiger partial charge in [0.05, 0.1) is 17.1 Å². The number of anilines is 1. The lowest BCUT2D eigenvalue weighted by atomic mass is 10.2. The topological polar surface area (TPSA) is 72.6 Å². The van der Waals surface area contributed by atoms with E-state index in [0.717, 1.165) is 4.47 Å². The van der Waals surface area contributed by atoms with Gasteiger partial charge in [0.1, 0.15) is 5.82 Å². The molecule has 2 heterocycles. The first-order valence-electron chi connectivity index (χ1n) is 9.42. The van der Waals surface area contributed by atoms with Crippen molar-refractivity contribution in [3.63, 3.8) is 0 Å². The van der Waals surface area contributed by atoms with E-state index in [9.17, 15) is 12.8 Å². The van der Waals surface area contributed by atoms with Gasteiger partial charge < -0.3 is 14.1 Å². The van der Waals surface area contributed by atoms with Crippen LogP contribution in [0.25, 0.3) is 11.5 Å². The summed E-state index contributed by atoms with van der Waals surface area (Å²) in [4.78, 5) is 6.28. The Morgan fingerprint density at radius 2 is 1.63 bits per heavy atom. The van der Waals surface area contributed by atoms with E-state index in [0.29, 0.717) is 18.7 Å². The average Bonchev–Trinajstić information content (AvgIpc) is 3.14. The lowest BCUT2D eigenvalue weighted by molar-refractivity contribution is -0.00657. The lowest BCUT2D eigenvalue weighted by Gasteiger charge is -2.35. The molecule has 4 rings (SSSR count). The maximum atomic E-state index is 13.4. The van der Waals surface area contributed by atoms with Crippen molar-refractivity contribution in [3.8, 4) is 11.5 Å². The molecule has 0 radical (unpaired) electrons.